The Kier molecular flexibility index (Phi) is 3.49. The predicted molar refractivity (Wildman–Crippen MR) is 64.1 cm³/mol. The summed E-state index contributed by atoms with van der Waals surface area (Å²) in [4.78, 5) is 3.67. The number of aromatic nitrogens is 1. The van der Waals surface area contributed by atoms with Crippen molar-refractivity contribution in [2.75, 3.05) is 0 Å². The van der Waals surface area contributed by atoms with Crippen molar-refractivity contribution in [3.8, 4) is 0 Å². The average molecular weight is 231 g/mol. The van der Waals surface area contributed by atoms with Crippen LogP contribution in [0, 0.1) is 5.82 Å². The van der Waals surface area contributed by atoms with Crippen molar-refractivity contribution in [2.24, 2.45) is 0 Å². The van der Waals surface area contributed by atoms with Crippen LogP contribution in [0.25, 0.3) is 0 Å². The Balaban J connectivity index is 2.37. The minimum absolute atomic E-state index is 0.258. The van der Waals surface area contributed by atoms with E-state index >= 15 is 0 Å². The Bertz CT molecular complexity index is 513. The third-order valence-corrected chi connectivity index (χ3v) is 2.77. The molecule has 88 valence electrons. The number of nitrogens with zero attached hydrogens (tertiary/aromatic N) is 1. The predicted octanol–water partition coefficient (Wildman–Crippen LogP) is 2.86. The Labute approximate surface area is 99.8 Å². The number of benzene rings is 1. The SMILES string of the molecule is CCc1cccc(C(O)c2ccncc2F)c1. The highest BCUT2D eigenvalue weighted by atomic mass is 19.1. The summed E-state index contributed by atoms with van der Waals surface area (Å²) < 4.78 is 13.5. The lowest BCUT2D eigenvalue weighted by Gasteiger charge is -2.12. The van der Waals surface area contributed by atoms with E-state index in [1.165, 1.54) is 12.3 Å². The molecule has 0 saturated heterocycles. The molecule has 1 heterocycles. The highest BCUT2D eigenvalue weighted by Crippen LogP contribution is 2.24. The molecule has 0 aliphatic carbocycles. The van der Waals surface area contributed by atoms with Gasteiger partial charge >= 0.3 is 0 Å². The highest BCUT2D eigenvalue weighted by molar-refractivity contribution is 5.32. The number of halogens is 1. The zero-order valence-electron chi connectivity index (χ0n) is 9.60. The third-order valence-electron chi connectivity index (χ3n) is 2.77. The van der Waals surface area contributed by atoms with Crippen molar-refractivity contribution in [3.05, 3.63) is 65.2 Å². The largest absolute Gasteiger partial charge is 0.384 e. The first-order chi connectivity index (χ1) is 8.22. The molecule has 1 unspecified atom stereocenters. The summed E-state index contributed by atoms with van der Waals surface area (Å²) in [6.45, 7) is 2.04. The molecule has 1 aromatic heterocycles. The molecule has 0 spiro atoms. The van der Waals surface area contributed by atoms with Crippen molar-refractivity contribution in [3.63, 3.8) is 0 Å². The molecular weight excluding hydrogens is 217 g/mol. The lowest BCUT2D eigenvalue weighted by molar-refractivity contribution is 0.214. The zero-order valence-corrected chi connectivity index (χ0v) is 9.60. The maximum atomic E-state index is 13.5. The lowest BCUT2D eigenvalue weighted by atomic mass is 9.99. The van der Waals surface area contributed by atoms with E-state index in [1.807, 2.05) is 25.1 Å². The molecule has 17 heavy (non-hydrogen) atoms. The quantitative estimate of drug-likeness (QED) is 0.881. The molecule has 0 radical (unpaired) electrons. The normalized spacial score (nSPS) is 12.4. The number of hydrogen-bond donors (Lipinski definition) is 1. The Morgan fingerprint density at radius 2 is 2.18 bits per heavy atom. The van der Waals surface area contributed by atoms with E-state index in [-0.39, 0.29) is 5.56 Å². The van der Waals surface area contributed by atoms with Crippen LogP contribution in [-0.2, 0) is 6.42 Å². The van der Waals surface area contributed by atoms with Crippen LogP contribution < -0.4 is 0 Å². The van der Waals surface area contributed by atoms with Gasteiger partial charge in [-0.2, -0.15) is 0 Å². The van der Waals surface area contributed by atoms with Crippen LogP contribution in [0.15, 0.2) is 42.7 Å². The van der Waals surface area contributed by atoms with Crippen LogP contribution in [0.3, 0.4) is 0 Å². The molecule has 0 amide bonds. The average Bonchev–Trinajstić information content (AvgIpc) is 2.38. The van der Waals surface area contributed by atoms with Crippen molar-refractivity contribution in [1.82, 2.24) is 4.98 Å². The summed E-state index contributed by atoms with van der Waals surface area (Å²) in [7, 11) is 0. The van der Waals surface area contributed by atoms with E-state index in [1.54, 1.807) is 6.07 Å². The Morgan fingerprint density at radius 1 is 1.35 bits per heavy atom. The monoisotopic (exact) mass is 231 g/mol. The van der Waals surface area contributed by atoms with Gasteiger partial charge in [-0.15, -0.1) is 0 Å². The zero-order chi connectivity index (χ0) is 12.3. The lowest BCUT2D eigenvalue weighted by Crippen LogP contribution is -2.03. The van der Waals surface area contributed by atoms with E-state index < -0.39 is 11.9 Å². The number of aliphatic hydroxyl groups is 1. The number of aryl methyl sites for hydroxylation is 1. The van der Waals surface area contributed by atoms with Gasteiger partial charge in [-0.3, -0.25) is 4.98 Å². The number of hydrogen-bond acceptors (Lipinski definition) is 2. The van der Waals surface area contributed by atoms with Gasteiger partial charge in [0.05, 0.1) is 6.20 Å². The van der Waals surface area contributed by atoms with E-state index in [2.05, 4.69) is 4.98 Å². The molecule has 1 aromatic carbocycles. The summed E-state index contributed by atoms with van der Waals surface area (Å²) in [6, 6.07) is 9.04. The van der Waals surface area contributed by atoms with E-state index in [4.69, 9.17) is 0 Å². The van der Waals surface area contributed by atoms with Gasteiger partial charge in [0.15, 0.2) is 0 Å². The van der Waals surface area contributed by atoms with Gasteiger partial charge in [0.1, 0.15) is 11.9 Å². The van der Waals surface area contributed by atoms with Crippen LogP contribution in [-0.4, -0.2) is 10.1 Å². The first-order valence-electron chi connectivity index (χ1n) is 5.58. The maximum absolute atomic E-state index is 13.5. The molecule has 2 rings (SSSR count). The number of rotatable bonds is 3. The van der Waals surface area contributed by atoms with Crippen LogP contribution in [0.5, 0.6) is 0 Å². The van der Waals surface area contributed by atoms with Gasteiger partial charge in [0.2, 0.25) is 0 Å². The summed E-state index contributed by atoms with van der Waals surface area (Å²) in [5.41, 5.74) is 2.08. The minimum Gasteiger partial charge on any atom is -0.384 e. The maximum Gasteiger partial charge on any atom is 0.147 e. The summed E-state index contributed by atoms with van der Waals surface area (Å²) in [6.07, 6.45) is 2.54. The standard InChI is InChI=1S/C14H14FNO/c1-2-10-4-3-5-11(8-10)14(17)12-6-7-16-9-13(12)15/h3-9,14,17H,2H2,1H3. The van der Waals surface area contributed by atoms with Crippen molar-refractivity contribution < 1.29 is 9.50 Å². The second kappa shape index (κ2) is 5.06. The molecule has 0 saturated carbocycles. The molecule has 0 bridgehead atoms. The smallest absolute Gasteiger partial charge is 0.147 e. The molecule has 3 heteroatoms. The minimum atomic E-state index is -0.940. The Hall–Kier alpha value is -1.74. The van der Waals surface area contributed by atoms with Crippen LogP contribution in [0.1, 0.15) is 29.7 Å². The topological polar surface area (TPSA) is 33.1 Å². The van der Waals surface area contributed by atoms with Gasteiger partial charge in [-0.05, 0) is 23.6 Å². The van der Waals surface area contributed by atoms with Crippen LogP contribution >= 0.6 is 0 Å². The summed E-state index contributed by atoms with van der Waals surface area (Å²) >= 11 is 0. The van der Waals surface area contributed by atoms with E-state index in [0.29, 0.717) is 5.56 Å². The van der Waals surface area contributed by atoms with Gasteiger partial charge in [-0.25, -0.2) is 4.39 Å². The molecule has 0 aliphatic rings. The summed E-state index contributed by atoms with van der Waals surface area (Å²) in [5.74, 6) is -0.484. The number of pyridine rings is 1. The van der Waals surface area contributed by atoms with Gasteiger partial charge < -0.3 is 5.11 Å². The van der Waals surface area contributed by atoms with E-state index in [9.17, 15) is 9.50 Å². The first-order valence-corrected chi connectivity index (χ1v) is 5.58. The molecule has 0 aliphatic heterocycles. The third kappa shape index (κ3) is 2.50. The van der Waals surface area contributed by atoms with Gasteiger partial charge in [0.25, 0.3) is 0 Å². The fourth-order valence-corrected chi connectivity index (χ4v) is 1.77. The molecule has 2 aromatic rings. The summed E-state index contributed by atoms with van der Waals surface area (Å²) in [5, 5.41) is 10.1. The molecule has 1 N–H and O–H groups in total. The first kappa shape index (κ1) is 11.7. The van der Waals surface area contributed by atoms with Gasteiger partial charge in [-0.1, -0.05) is 31.2 Å². The molecular formula is C14H14FNO. The molecule has 2 nitrogen and oxygen atoms in total. The van der Waals surface area contributed by atoms with Crippen LogP contribution in [0.4, 0.5) is 4.39 Å². The Morgan fingerprint density at radius 3 is 2.88 bits per heavy atom. The molecule has 0 fully saturated rings. The highest BCUT2D eigenvalue weighted by Gasteiger charge is 2.14. The van der Waals surface area contributed by atoms with Crippen molar-refractivity contribution in [2.45, 2.75) is 19.4 Å². The van der Waals surface area contributed by atoms with Crippen LogP contribution in [0.2, 0.25) is 0 Å². The second-order valence-corrected chi connectivity index (χ2v) is 3.90. The second-order valence-electron chi connectivity index (χ2n) is 3.90. The van der Waals surface area contributed by atoms with Crippen molar-refractivity contribution in [1.29, 1.82) is 0 Å². The van der Waals surface area contributed by atoms with Gasteiger partial charge in [0, 0.05) is 11.8 Å². The van der Waals surface area contributed by atoms with E-state index in [0.717, 1.165) is 18.2 Å². The number of aliphatic hydroxyl groups excluding tert-OH is 1. The fraction of sp³-hybridized carbons (Fsp3) is 0.214. The fourth-order valence-electron chi connectivity index (χ4n) is 1.77. The molecule has 1 atom stereocenters. The van der Waals surface area contributed by atoms with Crippen molar-refractivity contribution >= 4 is 0 Å².